The zero-order valence-electron chi connectivity index (χ0n) is 10.4. The Morgan fingerprint density at radius 3 is 2.47 bits per heavy atom. The van der Waals surface area contributed by atoms with Gasteiger partial charge in [-0.3, -0.25) is 9.78 Å². The molecule has 0 radical (unpaired) electrons. The topological polar surface area (TPSA) is 75.0 Å². The van der Waals surface area contributed by atoms with E-state index in [-0.39, 0.29) is 16.9 Å². The molecule has 1 aromatic heterocycles. The van der Waals surface area contributed by atoms with Gasteiger partial charge in [0, 0.05) is 14.1 Å². The molecule has 5 nitrogen and oxygen atoms in total. The van der Waals surface area contributed by atoms with E-state index in [9.17, 15) is 4.79 Å². The zero-order valence-corrected chi connectivity index (χ0v) is 11.9. The fourth-order valence-corrected chi connectivity index (χ4v) is 1.92. The number of halogens is 2. The summed E-state index contributed by atoms with van der Waals surface area (Å²) in [5.74, 6) is 0.539. The highest BCUT2D eigenvalue weighted by Gasteiger charge is 2.13. The summed E-state index contributed by atoms with van der Waals surface area (Å²) in [7, 11) is 3.52. The lowest BCUT2D eigenvalue weighted by molar-refractivity contribution is 0.987. The summed E-state index contributed by atoms with van der Waals surface area (Å²) in [5.41, 5.74) is 6.38. The van der Waals surface area contributed by atoms with Crippen LogP contribution in [0.2, 0.25) is 10.0 Å². The normalized spacial score (nSPS) is 10.5. The van der Waals surface area contributed by atoms with Crippen molar-refractivity contribution in [3.63, 3.8) is 0 Å². The number of H-pyrrole nitrogens is 1. The molecule has 0 amide bonds. The van der Waals surface area contributed by atoms with Gasteiger partial charge < -0.3 is 10.6 Å². The first-order chi connectivity index (χ1) is 8.90. The third-order valence-electron chi connectivity index (χ3n) is 2.57. The van der Waals surface area contributed by atoms with E-state index < -0.39 is 0 Å². The Bertz CT molecular complexity index is 682. The number of nitrogen functional groups attached to an aromatic ring is 1. The van der Waals surface area contributed by atoms with Crippen LogP contribution in [0, 0.1) is 0 Å². The number of rotatable bonds is 2. The van der Waals surface area contributed by atoms with Crippen molar-refractivity contribution in [2.24, 2.45) is 0 Å². The Balaban J connectivity index is 2.63. The van der Waals surface area contributed by atoms with Gasteiger partial charge in [-0.05, 0) is 17.7 Å². The number of hydrogen-bond acceptors (Lipinski definition) is 4. The number of aromatic amines is 1. The number of hydrogen-bond donors (Lipinski definition) is 2. The predicted octanol–water partition coefficient (Wildman–Crippen LogP) is 2.39. The summed E-state index contributed by atoms with van der Waals surface area (Å²) in [6.45, 7) is 0. The molecular formula is C12H12Cl2N4O. The standard InChI is InChI=1S/C12H12Cl2N4O/c1-18(2)12-16-10(15)9(11(19)17-12)6-3-4-7(13)8(14)5-6/h3-5H,1-2H3,(H3,15,16,17,19). The summed E-state index contributed by atoms with van der Waals surface area (Å²) >= 11 is 11.8. The van der Waals surface area contributed by atoms with Gasteiger partial charge >= 0.3 is 0 Å². The second kappa shape index (κ2) is 5.11. The van der Waals surface area contributed by atoms with E-state index in [0.717, 1.165) is 0 Å². The Morgan fingerprint density at radius 2 is 1.95 bits per heavy atom. The van der Waals surface area contributed by atoms with Gasteiger partial charge in [0.15, 0.2) is 0 Å². The van der Waals surface area contributed by atoms with Crippen LogP contribution >= 0.6 is 23.2 Å². The number of nitrogens with one attached hydrogen (secondary N) is 1. The van der Waals surface area contributed by atoms with Crippen LogP contribution in [0.5, 0.6) is 0 Å². The van der Waals surface area contributed by atoms with Crippen LogP contribution in [0.25, 0.3) is 11.1 Å². The third-order valence-corrected chi connectivity index (χ3v) is 3.31. The van der Waals surface area contributed by atoms with Crippen molar-refractivity contribution in [1.82, 2.24) is 9.97 Å². The van der Waals surface area contributed by atoms with Crippen LogP contribution < -0.4 is 16.2 Å². The summed E-state index contributed by atoms with van der Waals surface area (Å²) in [4.78, 5) is 20.5. The molecule has 2 rings (SSSR count). The van der Waals surface area contributed by atoms with Crippen molar-refractivity contribution in [3.8, 4) is 11.1 Å². The van der Waals surface area contributed by atoms with E-state index in [0.29, 0.717) is 21.6 Å². The molecule has 0 atom stereocenters. The van der Waals surface area contributed by atoms with Crippen molar-refractivity contribution >= 4 is 35.0 Å². The molecule has 7 heteroatoms. The summed E-state index contributed by atoms with van der Waals surface area (Å²) in [6, 6.07) is 4.87. The van der Waals surface area contributed by atoms with Crippen molar-refractivity contribution in [1.29, 1.82) is 0 Å². The molecular weight excluding hydrogens is 287 g/mol. The first-order valence-corrected chi connectivity index (χ1v) is 6.18. The second-order valence-electron chi connectivity index (χ2n) is 4.17. The molecule has 0 spiro atoms. The lowest BCUT2D eigenvalue weighted by Gasteiger charge is -2.13. The van der Waals surface area contributed by atoms with Gasteiger partial charge in [-0.1, -0.05) is 29.3 Å². The number of aromatic nitrogens is 2. The molecule has 0 saturated carbocycles. The highest BCUT2D eigenvalue weighted by atomic mass is 35.5. The molecule has 1 heterocycles. The van der Waals surface area contributed by atoms with Gasteiger partial charge in [0.2, 0.25) is 5.95 Å². The smallest absolute Gasteiger partial charge is 0.262 e. The fraction of sp³-hybridized carbons (Fsp3) is 0.167. The molecule has 0 saturated heterocycles. The second-order valence-corrected chi connectivity index (χ2v) is 4.99. The number of anilines is 2. The molecule has 0 bridgehead atoms. The first-order valence-electron chi connectivity index (χ1n) is 5.42. The number of benzene rings is 1. The minimum atomic E-state index is -0.324. The van der Waals surface area contributed by atoms with E-state index in [4.69, 9.17) is 28.9 Å². The molecule has 3 N–H and O–H groups in total. The molecule has 0 aliphatic heterocycles. The average Bonchev–Trinajstić information content (AvgIpc) is 2.32. The van der Waals surface area contributed by atoms with Crippen LogP contribution in [-0.2, 0) is 0 Å². The van der Waals surface area contributed by atoms with Crippen LogP contribution in [0.1, 0.15) is 0 Å². The monoisotopic (exact) mass is 298 g/mol. The highest BCUT2D eigenvalue weighted by molar-refractivity contribution is 6.42. The quantitative estimate of drug-likeness (QED) is 0.893. The van der Waals surface area contributed by atoms with E-state index in [1.807, 2.05) is 0 Å². The Morgan fingerprint density at radius 1 is 1.26 bits per heavy atom. The number of nitrogens with zero attached hydrogens (tertiary/aromatic N) is 2. The molecule has 0 fully saturated rings. The summed E-state index contributed by atoms with van der Waals surface area (Å²) in [6.07, 6.45) is 0. The molecule has 100 valence electrons. The van der Waals surface area contributed by atoms with Crippen LogP contribution in [0.4, 0.5) is 11.8 Å². The minimum absolute atomic E-state index is 0.144. The maximum Gasteiger partial charge on any atom is 0.262 e. The third kappa shape index (κ3) is 2.67. The minimum Gasteiger partial charge on any atom is -0.383 e. The maximum absolute atomic E-state index is 12.1. The van der Waals surface area contributed by atoms with Gasteiger partial charge in [-0.2, -0.15) is 4.98 Å². The Labute approximate surface area is 120 Å². The Hall–Kier alpha value is -1.72. The Kier molecular flexibility index (Phi) is 3.68. The zero-order chi connectivity index (χ0) is 14.2. The van der Waals surface area contributed by atoms with E-state index >= 15 is 0 Å². The van der Waals surface area contributed by atoms with Gasteiger partial charge in [0.1, 0.15) is 5.82 Å². The molecule has 1 aromatic carbocycles. The van der Waals surface area contributed by atoms with Gasteiger partial charge in [-0.15, -0.1) is 0 Å². The van der Waals surface area contributed by atoms with E-state index in [2.05, 4.69) is 9.97 Å². The van der Waals surface area contributed by atoms with Crippen molar-refractivity contribution < 1.29 is 0 Å². The predicted molar refractivity (Wildman–Crippen MR) is 79.1 cm³/mol. The van der Waals surface area contributed by atoms with Crippen LogP contribution in [0.15, 0.2) is 23.0 Å². The summed E-state index contributed by atoms with van der Waals surface area (Å²) in [5, 5.41) is 0.771. The van der Waals surface area contributed by atoms with Crippen molar-refractivity contribution in [3.05, 3.63) is 38.6 Å². The van der Waals surface area contributed by atoms with Gasteiger partial charge in [0.25, 0.3) is 5.56 Å². The molecule has 0 aliphatic carbocycles. The lowest BCUT2D eigenvalue weighted by atomic mass is 10.1. The lowest BCUT2D eigenvalue weighted by Crippen LogP contribution is -2.21. The maximum atomic E-state index is 12.1. The average molecular weight is 299 g/mol. The van der Waals surface area contributed by atoms with Gasteiger partial charge in [0.05, 0.1) is 15.6 Å². The van der Waals surface area contributed by atoms with Crippen LogP contribution in [0.3, 0.4) is 0 Å². The van der Waals surface area contributed by atoms with E-state index in [1.165, 1.54) is 0 Å². The van der Waals surface area contributed by atoms with Gasteiger partial charge in [-0.25, -0.2) is 0 Å². The largest absolute Gasteiger partial charge is 0.383 e. The highest BCUT2D eigenvalue weighted by Crippen LogP contribution is 2.29. The first kappa shape index (κ1) is 13.7. The van der Waals surface area contributed by atoms with E-state index in [1.54, 1.807) is 37.2 Å². The molecule has 2 aromatic rings. The van der Waals surface area contributed by atoms with Crippen LogP contribution in [-0.4, -0.2) is 24.1 Å². The SMILES string of the molecule is CN(C)c1nc(N)c(-c2ccc(Cl)c(Cl)c2)c(=O)[nH]1. The fourth-order valence-electron chi connectivity index (χ4n) is 1.62. The molecule has 19 heavy (non-hydrogen) atoms. The van der Waals surface area contributed by atoms with Crippen molar-refractivity contribution in [2.45, 2.75) is 0 Å². The molecule has 0 aliphatic rings. The summed E-state index contributed by atoms with van der Waals surface area (Å²) < 4.78 is 0. The number of nitrogens with two attached hydrogens (primary N) is 1. The van der Waals surface area contributed by atoms with Crippen molar-refractivity contribution in [2.75, 3.05) is 24.7 Å². The molecule has 0 unspecified atom stereocenters.